The number of benzene rings is 1. The van der Waals surface area contributed by atoms with Crippen molar-refractivity contribution in [3.63, 3.8) is 0 Å². The molecule has 5 aromatic rings. The van der Waals surface area contributed by atoms with Crippen molar-refractivity contribution in [1.82, 2.24) is 59.9 Å². The van der Waals surface area contributed by atoms with Gasteiger partial charge in [0.2, 0.25) is 17.7 Å². The van der Waals surface area contributed by atoms with Crippen LogP contribution in [-0.2, 0) is 96.0 Å². The third-order valence-corrected chi connectivity index (χ3v) is 18.1. The fraction of sp³-hybridized carbons (Fsp3) is 0.547. The number of nitrogens with zero attached hydrogens (tertiary/aromatic N) is 9. The Kier molecular flexibility index (Phi) is 24.2. The van der Waals surface area contributed by atoms with E-state index in [0.29, 0.717) is 11.3 Å². The van der Waals surface area contributed by atoms with E-state index in [2.05, 4.69) is 51.2 Å². The van der Waals surface area contributed by atoms with Crippen molar-refractivity contribution in [2.24, 2.45) is 23.5 Å². The molecule has 13 atom stereocenters. The summed E-state index contributed by atoms with van der Waals surface area (Å²) in [6.07, 6.45) is -9.31. The van der Waals surface area contributed by atoms with Gasteiger partial charge in [0.05, 0.1) is 38.3 Å². The lowest BCUT2D eigenvalue weighted by molar-refractivity contribution is -0.158. The average molecular weight is 1380 g/mol. The average Bonchev–Trinajstić information content (AvgIpc) is 1.62. The Hall–Kier alpha value is -7.61. The SMILES string of the molecule is CC(CC(=O)O)C(=O)NCCC(=O)N[C@H](C(=O)C[C@@H](CCCNC(N)=O)C(=O)Nc1ccc(COC(=O)N(C)CCCC(=O)O[C@@H]2C3OP(O)(=S)OC[C@H]4O[C@@H](n5cnc6c(N)ncnc65)[C@H](F)[C@@H]4OP(O)(=S)OC[C@H]3O[C@H]2n2cnc3c(N)ncnc32)cc1)C(C)C. The monoisotopic (exact) mass is 1380 g/mol. The fourth-order valence-corrected chi connectivity index (χ4v) is 13.1. The first-order valence-electron chi connectivity index (χ1n) is 29.0. The number of fused-ring (bicyclic) bond motifs is 4. The van der Waals surface area contributed by atoms with E-state index in [1.165, 1.54) is 40.7 Å². The molecule has 0 radical (unpaired) electrons. The number of nitrogen functional groups attached to an aromatic ring is 2. The van der Waals surface area contributed by atoms with Crippen LogP contribution in [0, 0.1) is 17.8 Å². The van der Waals surface area contributed by atoms with Crippen LogP contribution in [0.2, 0.25) is 0 Å². The Labute approximate surface area is 539 Å². The van der Waals surface area contributed by atoms with Crippen molar-refractivity contribution < 1.29 is 94.7 Å². The van der Waals surface area contributed by atoms with Gasteiger partial charge in [0, 0.05) is 63.5 Å². The van der Waals surface area contributed by atoms with Crippen LogP contribution < -0.4 is 38.5 Å². The van der Waals surface area contributed by atoms with Gasteiger partial charge in [0.25, 0.3) is 0 Å². The van der Waals surface area contributed by atoms with Crippen LogP contribution in [0.1, 0.15) is 83.7 Å². The predicted octanol–water partition coefficient (Wildman–Crippen LogP) is 1.90. The summed E-state index contributed by atoms with van der Waals surface area (Å²) in [6.45, 7) is -5.65. The van der Waals surface area contributed by atoms with Gasteiger partial charge in [-0.2, -0.15) is 0 Å². The van der Waals surface area contributed by atoms with Crippen LogP contribution in [0.5, 0.6) is 0 Å². The number of ether oxygens (including phenoxy) is 4. The maximum atomic E-state index is 16.5. The van der Waals surface area contributed by atoms with Crippen LogP contribution in [-0.4, -0.2) is 189 Å². The third-order valence-electron chi connectivity index (χ3n) is 15.0. The minimum absolute atomic E-state index is 0.00495. The van der Waals surface area contributed by atoms with Crippen molar-refractivity contribution in [3.05, 3.63) is 55.1 Å². The van der Waals surface area contributed by atoms with Gasteiger partial charge in [0.1, 0.15) is 54.7 Å². The first-order valence-corrected chi connectivity index (χ1v) is 34.2. The van der Waals surface area contributed by atoms with Crippen LogP contribution in [0.4, 0.5) is 31.3 Å². The zero-order chi connectivity index (χ0) is 67.5. The highest BCUT2D eigenvalue weighted by Gasteiger charge is 2.55. The number of imidazole rings is 2. The molecular weight excluding hydrogens is 1310 g/mol. The van der Waals surface area contributed by atoms with Crippen molar-refractivity contribution >= 4 is 124 Å². The Morgan fingerprint density at radius 3 is 1.98 bits per heavy atom. The second-order valence-electron chi connectivity index (χ2n) is 22.3. The highest BCUT2D eigenvalue weighted by Crippen LogP contribution is 2.55. The van der Waals surface area contributed by atoms with E-state index in [1.54, 1.807) is 38.1 Å². The highest BCUT2D eigenvalue weighted by atomic mass is 32.5. The van der Waals surface area contributed by atoms with Crippen LogP contribution in [0.15, 0.2) is 49.6 Å². The number of anilines is 3. The Morgan fingerprint density at radius 1 is 0.785 bits per heavy atom. The highest BCUT2D eigenvalue weighted by molar-refractivity contribution is 8.07. The molecule has 3 fully saturated rings. The normalized spacial score (nSPS) is 24.9. The molecule has 8 rings (SSSR count). The van der Waals surface area contributed by atoms with Gasteiger partial charge in [0.15, 0.2) is 53.4 Å². The first kappa shape index (κ1) is 71.2. The summed E-state index contributed by atoms with van der Waals surface area (Å²) < 4.78 is 66.4. The zero-order valence-electron chi connectivity index (χ0n) is 50.5. The number of halogens is 1. The molecule has 13 N–H and O–H groups in total. The zero-order valence-corrected chi connectivity index (χ0v) is 53.9. The maximum Gasteiger partial charge on any atom is 0.409 e. The van der Waals surface area contributed by atoms with E-state index >= 15 is 4.39 Å². The number of carboxylic acids is 1. The summed E-state index contributed by atoms with van der Waals surface area (Å²) in [5, 5.41) is 19.4. The summed E-state index contributed by atoms with van der Waals surface area (Å²) in [5.74, 6) is -6.22. The molecule has 0 spiro atoms. The minimum Gasteiger partial charge on any atom is -0.481 e. The van der Waals surface area contributed by atoms with Crippen LogP contribution in [0.3, 0.4) is 0 Å². The predicted molar refractivity (Wildman–Crippen MR) is 330 cm³/mol. The lowest BCUT2D eigenvalue weighted by Gasteiger charge is -2.31. The molecule has 1 aromatic carbocycles. The number of carbonyl (C=O) groups is 8. The van der Waals surface area contributed by atoms with Crippen molar-refractivity contribution in [3.8, 4) is 0 Å². The van der Waals surface area contributed by atoms with E-state index in [4.69, 9.17) is 83.0 Å². The molecule has 7 heterocycles. The Balaban J connectivity index is 0.859. The summed E-state index contributed by atoms with van der Waals surface area (Å²) in [6, 6.07) is 4.51. The van der Waals surface area contributed by atoms with Gasteiger partial charge < -0.3 is 86.3 Å². The molecule has 93 heavy (non-hydrogen) atoms. The van der Waals surface area contributed by atoms with Crippen LogP contribution in [0.25, 0.3) is 22.3 Å². The molecule has 506 valence electrons. The topological polar surface area (TPSA) is 488 Å². The largest absolute Gasteiger partial charge is 0.481 e. The molecule has 6 amide bonds. The molecule has 4 aromatic heterocycles. The molecule has 3 aliphatic heterocycles. The van der Waals surface area contributed by atoms with Gasteiger partial charge >= 0.3 is 37.5 Å². The number of hydrogen-bond acceptors (Lipinski definition) is 26. The van der Waals surface area contributed by atoms with Gasteiger partial charge in [-0.1, -0.05) is 32.9 Å². The van der Waals surface area contributed by atoms with Crippen molar-refractivity contribution in [1.29, 1.82) is 0 Å². The quantitative estimate of drug-likeness (QED) is 0.0215. The molecule has 3 aliphatic rings. The number of urea groups is 1. The lowest BCUT2D eigenvalue weighted by Crippen LogP contribution is -2.46. The van der Waals surface area contributed by atoms with Gasteiger partial charge in [-0.15, -0.1) is 0 Å². The summed E-state index contributed by atoms with van der Waals surface area (Å²) in [5.41, 5.74) is 18.6. The fourth-order valence-electron chi connectivity index (χ4n) is 10.2. The lowest BCUT2D eigenvalue weighted by atomic mass is 9.89. The second kappa shape index (κ2) is 31.5. The number of ketones is 1. The molecule has 0 saturated carbocycles. The number of aromatic nitrogens is 8. The smallest absolute Gasteiger partial charge is 0.409 e. The van der Waals surface area contributed by atoms with Gasteiger partial charge in [-0.05, 0) is 66.5 Å². The molecule has 35 nitrogen and oxygen atoms in total. The number of amides is 6. The Morgan fingerprint density at radius 2 is 1.38 bits per heavy atom. The number of hydrogen-bond donors (Lipinski definition) is 10. The van der Waals surface area contributed by atoms with E-state index < -0.39 is 147 Å². The second-order valence-corrected chi connectivity index (χ2v) is 27.8. The van der Waals surface area contributed by atoms with E-state index in [-0.39, 0.29) is 105 Å². The number of primary amides is 1. The molecule has 0 aliphatic carbocycles. The standard InChI is InChI=1S/C53H71FN16O19P2S2/c1-26(2)38(67-34(72)13-15-58-48(76)27(3)17-35(73)74)31(71)18-29(7-5-14-59-52(57)78)49(77)66-30-11-9-28(10-12-30)19-82-53(79)68(4)16-6-8-36(75)87-43-42-33(86-51(43)70-25-65-40-45(56)61-23-63-47(40)70)21-84-90(80,92)88-41-32(20-83-91(81,93)89-42)85-50(37(41)54)69-24-64-39-44(55)60-22-62-46(39)69/h9-12,22-27,29,32-33,37-38,41-43,50-51H,5-8,13-21H2,1-4H3,(H,58,76)(H,66,77)(H,67,72)(H,73,74)(H,80,92)(H,81,93)(H2,55,60,62)(H2,56,61,63)(H3,57,59,78)/t27?,29-,32-,33-,37-,38+,41-,42?,43-,50-,51-,90?,91?/m1/s1. The number of rotatable bonds is 26. The maximum absolute atomic E-state index is 16.5. The number of carboxylic acid groups (broad SMARTS) is 1. The van der Waals surface area contributed by atoms with Crippen molar-refractivity contribution in [2.45, 2.75) is 128 Å². The van der Waals surface area contributed by atoms with Gasteiger partial charge in [-0.3, -0.25) is 46.9 Å². The number of carbonyl (C=O) groups excluding carboxylic acids is 7. The van der Waals surface area contributed by atoms with Crippen LogP contribution >= 0.6 is 13.4 Å². The van der Waals surface area contributed by atoms with Gasteiger partial charge in [-0.25, -0.2) is 43.9 Å². The Bertz CT molecular complexity index is 3650. The molecule has 40 heteroatoms. The number of Topliss-reactive ketones (excluding diaryl/α,β-unsaturated/α-hetero) is 1. The number of nitrogens with one attached hydrogen (secondary N) is 4. The molecule has 0 bridgehead atoms. The summed E-state index contributed by atoms with van der Waals surface area (Å²) >= 11 is 10.8. The molecule has 3 saturated heterocycles. The third kappa shape index (κ3) is 18.8. The number of nitrogens with two attached hydrogens (primary N) is 3. The molecule has 4 unspecified atom stereocenters. The number of esters is 1. The summed E-state index contributed by atoms with van der Waals surface area (Å²) in [7, 11) is 1.44. The summed E-state index contributed by atoms with van der Waals surface area (Å²) in [4.78, 5) is 151. The van der Waals surface area contributed by atoms with E-state index in [0.717, 1.165) is 12.7 Å². The molecular formula is C53H71FN16O19P2S2. The number of aliphatic carboxylic acids is 1. The first-order chi connectivity index (χ1) is 44.1. The number of alkyl halides is 1. The van der Waals surface area contributed by atoms with E-state index in [1.807, 2.05) is 0 Å². The van der Waals surface area contributed by atoms with E-state index in [9.17, 15) is 48.1 Å². The van der Waals surface area contributed by atoms with Crippen molar-refractivity contribution in [2.75, 3.05) is 56.7 Å². The minimum atomic E-state index is -4.47.